The first-order valence-corrected chi connectivity index (χ1v) is 10.7. The highest BCUT2D eigenvalue weighted by Gasteiger charge is 2.21. The van der Waals surface area contributed by atoms with Crippen molar-refractivity contribution in [1.29, 1.82) is 0 Å². The number of carbonyl (C=O) groups is 2. The van der Waals surface area contributed by atoms with Crippen molar-refractivity contribution in [2.45, 2.75) is 5.92 Å². The average Bonchev–Trinajstić information content (AvgIpc) is 2.87. The van der Waals surface area contributed by atoms with E-state index in [1.54, 1.807) is 38.5 Å². The second-order valence-electron chi connectivity index (χ2n) is 7.35. The molecule has 7 heteroatoms. The van der Waals surface area contributed by atoms with Gasteiger partial charge in [-0.1, -0.05) is 36.4 Å². The summed E-state index contributed by atoms with van der Waals surface area (Å²) in [6, 6.07) is 23.9. The Balaban J connectivity index is 1.56. The van der Waals surface area contributed by atoms with Crippen LogP contribution in [0.25, 0.3) is 0 Å². The number of methoxy groups -OCH3 is 2. The Bertz CT molecular complexity index is 1040. The van der Waals surface area contributed by atoms with Gasteiger partial charge in [-0.05, 0) is 48.0 Å². The summed E-state index contributed by atoms with van der Waals surface area (Å²) in [6.45, 7) is 1.19. The molecule has 0 aromatic heterocycles. The molecule has 0 aliphatic heterocycles. The van der Waals surface area contributed by atoms with Crippen molar-refractivity contribution >= 4 is 17.5 Å². The molecule has 33 heavy (non-hydrogen) atoms. The zero-order chi connectivity index (χ0) is 23.5. The molecule has 0 heterocycles. The maximum absolute atomic E-state index is 13.0. The van der Waals surface area contributed by atoms with Gasteiger partial charge in [0.1, 0.15) is 11.5 Å². The maximum Gasteiger partial charge on any atom is 0.251 e. The quantitative estimate of drug-likeness (QED) is 0.392. The van der Waals surface area contributed by atoms with Crippen LogP contribution >= 0.6 is 0 Å². The van der Waals surface area contributed by atoms with Gasteiger partial charge in [0.2, 0.25) is 5.91 Å². The van der Waals surface area contributed by atoms with Gasteiger partial charge in [0.15, 0.2) is 0 Å². The van der Waals surface area contributed by atoms with Crippen LogP contribution in [0, 0.1) is 0 Å². The molecule has 0 bridgehead atoms. The van der Waals surface area contributed by atoms with Gasteiger partial charge in [-0.2, -0.15) is 0 Å². The smallest absolute Gasteiger partial charge is 0.251 e. The van der Waals surface area contributed by atoms with Crippen LogP contribution in [-0.2, 0) is 4.79 Å². The Morgan fingerprint density at radius 1 is 0.788 bits per heavy atom. The standard InChI is InChI=1S/C26H29N3O4/c1-32-22-13-11-21(12-14-22)27-15-16-28-26(31)24(19-7-4-3-5-8-19)18-29-25(30)20-9-6-10-23(17-20)33-2/h3-14,17,24,27H,15-16,18H2,1-2H3,(H,28,31)(H,29,30). The molecule has 0 saturated carbocycles. The highest BCUT2D eigenvalue weighted by molar-refractivity contribution is 5.95. The summed E-state index contributed by atoms with van der Waals surface area (Å²) in [5, 5.41) is 9.09. The van der Waals surface area contributed by atoms with Crippen molar-refractivity contribution in [3.05, 3.63) is 90.0 Å². The predicted molar refractivity (Wildman–Crippen MR) is 129 cm³/mol. The number of anilines is 1. The van der Waals surface area contributed by atoms with Crippen molar-refractivity contribution in [3.63, 3.8) is 0 Å². The number of hydrogen-bond donors (Lipinski definition) is 3. The van der Waals surface area contributed by atoms with E-state index in [9.17, 15) is 9.59 Å². The molecule has 0 fully saturated rings. The van der Waals surface area contributed by atoms with Gasteiger partial charge < -0.3 is 25.4 Å². The first-order chi connectivity index (χ1) is 16.1. The Morgan fingerprint density at radius 2 is 1.52 bits per heavy atom. The van der Waals surface area contributed by atoms with Crippen LogP contribution in [0.5, 0.6) is 11.5 Å². The van der Waals surface area contributed by atoms with E-state index in [2.05, 4.69) is 16.0 Å². The maximum atomic E-state index is 13.0. The molecule has 0 aliphatic rings. The van der Waals surface area contributed by atoms with Crippen molar-refractivity contribution in [1.82, 2.24) is 10.6 Å². The summed E-state index contributed by atoms with van der Waals surface area (Å²) in [4.78, 5) is 25.6. The number of nitrogens with one attached hydrogen (secondary N) is 3. The van der Waals surface area contributed by atoms with Gasteiger partial charge in [0, 0.05) is 30.9 Å². The molecule has 0 spiro atoms. The van der Waals surface area contributed by atoms with E-state index in [0.717, 1.165) is 17.0 Å². The zero-order valence-electron chi connectivity index (χ0n) is 18.8. The fraction of sp³-hybridized carbons (Fsp3) is 0.231. The summed E-state index contributed by atoms with van der Waals surface area (Å²) in [7, 11) is 3.18. The Hall–Kier alpha value is -4.00. The first kappa shape index (κ1) is 23.7. The average molecular weight is 448 g/mol. The predicted octanol–water partition coefficient (Wildman–Crippen LogP) is 3.45. The van der Waals surface area contributed by atoms with Crippen molar-refractivity contribution < 1.29 is 19.1 Å². The monoisotopic (exact) mass is 447 g/mol. The van der Waals surface area contributed by atoms with Crippen LogP contribution in [0.1, 0.15) is 21.8 Å². The minimum absolute atomic E-state index is 0.149. The molecule has 3 aromatic carbocycles. The molecule has 3 aromatic rings. The molecule has 0 aliphatic carbocycles. The first-order valence-electron chi connectivity index (χ1n) is 10.7. The zero-order valence-corrected chi connectivity index (χ0v) is 18.8. The van der Waals surface area contributed by atoms with E-state index in [1.807, 2.05) is 54.6 Å². The molecule has 172 valence electrons. The fourth-order valence-electron chi connectivity index (χ4n) is 3.33. The third-order valence-corrected chi connectivity index (χ3v) is 5.16. The molecule has 0 saturated heterocycles. The third-order valence-electron chi connectivity index (χ3n) is 5.16. The lowest BCUT2D eigenvalue weighted by Crippen LogP contribution is -2.39. The van der Waals surface area contributed by atoms with E-state index in [4.69, 9.17) is 9.47 Å². The van der Waals surface area contributed by atoms with Crippen LogP contribution in [0.2, 0.25) is 0 Å². The lowest BCUT2D eigenvalue weighted by Gasteiger charge is -2.18. The topological polar surface area (TPSA) is 88.7 Å². The van der Waals surface area contributed by atoms with Crippen molar-refractivity contribution in [2.24, 2.45) is 0 Å². The van der Waals surface area contributed by atoms with Crippen LogP contribution in [0.4, 0.5) is 5.69 Å². The van der Waals surface area contributed by atoms with Crippen molar-refractivity contribution in [2.75, 3.05) is 39.2 Å². The van der Waals surface area contributed by atoms with E-state index in [1.165, 1.54) is 0 Å². The number of rotatable bonds is 11. The fourth-order valence-corrected chi connectivity index (χ4v) is 3.33. The number of carbonyl (C=O) groups excluding carboxylic acids is 2. The van der Waals surface area contributed by atoms with E-state index < -0.39 is 5.92 Å². The lowest BCUT2D eigenvalue weighted by molar-refractivity contribution is -0.122. The van der Waals surface area contributed by atoms with E-state index in [0.29, 0.717) is 24.4 Å². The number of benzene rings is 3. The summed E-state index contributed by atoms with van der Waals surface area (Å²) < 4.78 is 10.3. The lowest BCUT2D eigenvalue weighted by atomic mass is 9.98. The molecular formula is C26H29N3O4. The molecule has 1 atom stereocenters. The third kappa shape index (κ3) is 7.00. The van der Waals surface area contributed by atoms with Gasteiger partial charge in [0.05, 0.1) is 20.1 Å². The second kappa shape index (κ2) is 12.1. The molecule has 0 radical (unpaired) electrons. The molecule has 7 nitrogen and oxygen atoms in total. The van der Waals surface area contributed by atoms with Gasteiger partial charge in [-0.15, -0.1) is 0 Å². The summed E-state index contributed by atoms with van der Waals surface area (Å²) in [5.41, 5.74) is 2.25. The Morgan fingerprint density at radius 3 is 2.21 bits per heavy atom. The molecule has 3 N–H and O–H groups in total. The van der Waals surface area contributed by atoms with Crippen LogP contribution in [0.3, 0.4) is 0 Å². The summed E-state index contributed by atoms with van der Waals surface area (Å²) in [5.74, 6) is 0.467. The summed E-state index contributed by atoms with van der Waals surface area (Å²) >= 11 is 0. The van der Waals surface area contributed by atoms with Crippen LogP contribution < -0.4 is 25.4 Å². The molecule has 3 rings (SSSR count). The van der Waals surface area contributed by atoms with Gasteiger partial charge >= 0.3 is 0 Å². The SMILES string of the molecule is COc1ccc(NCCNC(=O)C(CNC(=O)c2cccc(OC)c2)c2ccccc2)cc1. The largest absolute Gasteiger partial charge is 0.497 e. The number of amides is 2. The molecular weight excluding hydrogens is 418 g/mol. The highest BCUT2D eigenvalue weighted by atomic mass is 16.5. The van der Waals surface area contributed by atoms with Crippen molar-refractivity contribution in [3.8, 4) is 11.5 Å². The minimum Gasteiger partial charge on any atom is -0.497 e. The van der Waals surface area contributed by atoms with Gasteiger partial charge in [-0.3, -0.25) is 9.59 Å². The number of hydrogen-bond acceptors (Lipinski definition) is 5. The van der Waals surface area contributed by atoms with Crippen LogP contribution in [-0.4, -0.2) is 45.7 Å². The molecule has 1 unspecified atom stereocenters. The van der Waals surface area contributed by atoms with E-state index >= 15 is 0 Å². The van der Waals surface area contributed by atoms with Gasteiger partial charge in [-0.25, -0.2) is 0 Å². The minimum atomic E-state index is -0.512. The highest BCUT2D eigenvalue weighted by Crippen LogP contribution is 2.17. The normalized spacial score (nSPS) is 11.2. The Kier molecular flexibility index (Phi) is 8.71. The van der Waals surface area contributed by atoms with E-state index in [-0.39, 0.29) is 18.4 Å². The van der Waals surface area contributed by atoms with Gasteiger partial charge in [0.25, 0.3) is 5.91 Å². The molecule has 2 amide bonds. The van der Waals surface area contributed by atoms with Crippen LogP contribution in [0.15, 0.2) is 78.9 Å². The number of ether oxygens (including phenoxy) is 2. The second-order valence-corrected chi connectivity index (χ2v) is 7.35. The Labute approximate surface area is 194 Å². The summed E-state index contributed by atoms with van der Waals surface area (Å²) in [6.07, 6.45) is 0.